The highest BCUT2D eigenvalue weighted by molar-refractivity contribution is 6.30. The van der Waals surface area contributed by atoms with Crippen LogP contribution in [0.15, 0.2) is 24.3 Å². The molecule has 166 valence electrons. The first-order valence-corrected chi connectivity index (χ1v) is 10.9. The average molecular weight is 444 g/mol. The van der Waals surface area contributed by atoms with Gasteiger partial charge >= 0.3 is 5.97 Å². The fourth-order valence-electron chi connectivity index (χ4n) is 3.56. The Balaban J connectivity index is 0.000000491. The first-order valence-electron chi connectivity index (χ1n) is 10.5. The third kappa shape index (κ3) is 5.83. The Morgan fingerprint density at radius 2 is 1.84 bits per heavy atom. The van der Waals surface area contributed by atoms with Crippen molar-refractivity contribution in [2.24, 2.45) is 0 Å². The predicted octanol–water partition coefficient (Wildman–Crippen LogP) is 4.73. The van der Waals surface area contributed by atoms with Gasteiger partial charge in [-0.3, -0.25) is 4.79 Å². The van der Waals surface area contributed by atoms with Crippen LogP contribution in [0.4, 0.5) is 0 Å². The van der Waals surface area contributed by atoms with Crippen molar-refractivity contribution >= 4 is 23.2 Å². The molecule has 0 amide bonds. The van der Waals surface area contributed by atoms with Crippen molar-refractivity contribution in [2.45, 2.75) is 65.4 Å². The maximum atomic E-state index is 11.6. The number of carbonyl (C=O) groups is 1. The Hall–Kier alpha value is -2.44. The molecule has 2 aromatic heterocycles. The van der Waals surface area contributed by atoms with Gasteiger partial charge in [-0.2, -0.15) is 5.10 Å². The zero-order valence-electron chi connectivity index (χ0n) is 18.8. The second-order valence-electron chi connectivity index (χ2n) is 8.88. The molecule has 0 aliphatic heterocycles. The number of benzene rings is 1. The summed E-state index contributed by atoms with van der Waals surface area (Å²) in [6.07, 6.45) is 4.87. The highest BCUT2D eigenvalue weighted by Crippen LogP contribution is 2.29. The van der Waals surface area contributed by atoms with Gasteiger partial charge in [-0.05, 0) is 70.6 Å². The third-order valence-corrected chi connectivity index (χ3v) is 5.43. The molecule has 7 heteroatoms. The molecule has 0 saturated carbocycles. The van der Waals surface area contributed by atoms with Gasteiger partial charge in [0.05, 0.1) is 24.8 Å². The van der Waals surface area contributed by atoms with Gasteiger partial charge < -0.3 is 9.84 Å². The molecule has 1 N–H and O–H groups in total. The van der Waals surface area contributed by atoms with E-state index in [0.29, 0.717) is 22.1 Å². The van der Waals surface area contributed by atoms with Crippen LogP contribution in [0, 0.1) is 6.92 Å². The molecule has 1 aromatic carbocycles. The maximum Gasteiger partial charge on any atom is 0.310 e. The van der Waals surface area contributed by atoms with E-state index in [-0.39, 0.29) is 12.4 Å². The summed E-state index contributed by atoms with van der Waals surface area (Å²) in [5.41, 5.74) is 6.29. The summed E-state index contributed by atoms with van der Waals surface area (Å²) in [5, 5.41) is 13.6. The number of fused-ring (bicyclic) bond motifs is 2. The standard InChI is InChI=1S/C20H20ClN3O2.C4H10O/c1-12-16(10-19(25)26-2)20(21)24-18(22-12)11-17(23-24)15-8-7-13-5-3-4-6-14(13)9-15;1-4(2,3)5/h7-9,11H,3-6,10H2,1-2H3;5H,1-3H3. The number of rotatable bonds is 3. The van der Waals surface area contributed by atoms with Gasteiger partial charge in [0.25, 0.3) is 0 Å². The second-order valence-corrected chi connectivity index (χ2v) is 9.24. The number of hydrogen-bond donors (Lipinski definition) is 1. The smallest absolute Gasteiger partial charge is 0.310 e. The summed E-state index contributed by atoms with van der Waals surface area (Å²) in [6.45, 7) is 7.07. The Bertz CT molecular complexity index is 1090. The van der Waals surface area contributed by atoms with Crippen LogP contribution in [-0.2, 0) is 28.8 Å². The number of aliphatic hydroxyl groups is 1. The minimum Gasteiger partial charge on any atom is -0.469 e. The molecule has 0 fully saturated rings. The molecule has 0 atom stereocenters. The Labute approximate surface area is 188 Å². The Morgan fingerprint density at radius 1 is 1.19 bits per heavy atom. The first kappa shape index (κ1) is 23.2. The number of aryl methyl sites for hydroxylation is 3. The molecule has 0 spiro atoms. The van der Waals surface area contributed by atoms with E-state index in [9.17, 15) is 4.79 Å². The molecule has 1 aliphatic carbocycles. The number of esters is 1. The van der Waals surface area contributed by atoms with E-state index in [1.54, 1.807) is 25.3 Å². The summed E-state index contributed by atoms with van der Waals surface area (Å²) in [6, 6.07) is 8.48. The second kappa shape index (κ2) is 9.37. The van der Waals surface area contributed by atoms with Crippen LogP contribution in [0.2, 0.25) is 5.15 Å². The van der Waals surface area contributed by atoms with Crippen molar-refractivity contribution in [1.29, 1.82) is 0 Å². The fraction of sp³-hybridized carbons (Fsp3) is 0.458. The first-order chi connectivity index (χ1) is 14.6. The van der Waals surface area contributed by atoms with Gasteiger partial charge in [0.2, 0.25) is 0 Å². The van der Waals surface area contributed by atoms with E-state index in [4.69, 9.17) is 21.4 Å². The number of aromatic nitrogens is 3. The molecular formula is C24H30ClN3O3. The monoisotopic (exact) mass is 443 g/mol. The van der Waals surface area contributed by atoms with Gasteiger partial charge in [0.15, 0.2) is 5.65 Å². The third-order valence-electron chi connectivity index (χ3n) is 5.04. The molecule has 0 saturated heterocycles. The van der Waals surface area contributed by atoms with Gasteiger partial charge in [0.1, 0.15) is 5.15 Å². The molecule has 6 nitrogen and oxygen atoms in total. The van der Waals surface area contributed by atoms with E-state index in [2.05, 4.69) is 28.3 Å². The van der Waals surface area contributed by atoms with Crippen LogP contribution in [0.25, 0.3) is 16.9 Å². The zero-order valence-corrected chi connectivity index (χ0v) is 19.6. The van der Waals surface area contributed by atoms with Crippen LogP contribution in [0.1, 0.15) is 56.0 Å². The van der Waals surface area contributed by atoms with Gasteiger partial charge in [-0.1, -0.05) is 23.7 Å². The van der Waals surface area contributed by atoms with Gasteiger partial charge in [0, 0.05) is 22.9 Å². The number of nitrogens with zero attached hydrogens (tertiary/aromatic N) is 3. The van der Waals surface area contributed by atoms with E-state index in [1.807, 2.05) is 13.0 Å². The lowest BCUT2D eigenvalue weighted by atomic mass is 9.90. The van der Waals surface area contributed by atoms with Crippen LogP contribution < -0.4 is 0 Å². The van der Waals surface area contributed by atoms with E-state index in [0.717, 1.165) is 24.1 Å². The summed E-state index contributed by atoms with van der Waals surface area (Å²) in [5.74, 6) is -0.349. The van der Waals surface area contributed by atoms with Crippen molar-refractivity contribution in [2.75, 3.05) is 7.11 Å². The molecule has 31 heavy (non-hydrogen) atoms. The van der Waals surface area contributed by atoms with Crippen molar-refractivity contribution in [3.05, 3.63) is 51.8 Å². The Kier molecular flexibility index (Phi) is 7.02. The van der Waals surface area contributed by atoms with Crippen LogP contribution in [-0.4, -0.2) is 38.4 Å². The molecule has 3 aromatic rings. The lowest BCUT2D eigenvalue weighted by molar-refractivity contribution is -0.139. The molecule has 1 aliphatic rings. The summed E-state index contributed by atoms with van der Waals surface area (Å²) in [4.78, 5) is 16.2. The molecule has 4 rings (SSSR count). The summed E-state index contributed by atoms with van der Waals surface area (Å²) < 4.78 is 6.35. The Morgan fingerprint density at radius 3 is 2.48 bits per heavy atom. The van der Waals surface area contributed by atoms with E-state index >= 15 is 0 Å². The van der Waals surface area contributed by atoms with Crippen LogP contribution in [0.5, 0.6) is 0 Å². The quantitative estimate of drug-likeness (QED) is 0.467. The van der Waals surface area contributed by atoms with Gasteiger partial charge in [-0.15, -0.1) is 0 Å². The normalized spacial score (nSPS) is 13.4. The van der Waals surface area contributed by atoms with E-state index < -0.39 is 5.60 Å². The largest absolute Gasteiger partial charge is 0.469 e. The van der Waals surface area contributed by atoms with Crippen molar-refractivity contribution in [1.82, 2.24) is 14.6 Å². The average Bonchev–Trinajstić information content (AvgIpc) is 3.13. The van der Waals surface area contributed by atoms with E-state index in [1.165, 1.54) is 31.1 Å². The SMILES string of the molecule is CC(C)(C)O.COC(=O)Cc1c(C)nc2cc(-c3ccc4c(c3)CCCC4)nn2c1Cl. The minimum absolute atomic E-state index is 0.0815. The highest BCUT2D eigenvalue weighted by Gasteiger charge is 2.18. The molecular weight excluding hydrogens is 414 g/mol. The highest BCUT2D eigenvalue weighted by atomic mass is 35.5. The number of carbonyl (C=O) groups excluding carboxylic acids is 1. The zero-order chi connectivity index (χ0) is 22.8. The minimum atomic E-state index is -0.500. The van der Waals surface area contributed by atoms with Crippen LogP contribution in [0.3, 0.4) is 0 Å². The van der Waals surface area contributed by atoms with Gasteiger partial charge in [-0.25, -0.2) is 9.50 Å². The fourth-order valence-corrected chi connectivity index (χ4v) is 3.89. The van der Waals surface area contributed by atoms with Crippen molar-refractivity contribution in [3.63, 3.8) is 0 Å². The van der Waals surface area contributed by atoms with Crippen molar-refractivity contribution in [3.8, 4) is 11.3 Å². The maximum absolute atomic E-state index is 11.6. The summed E-state index contributed by atoms with van der Waals surface area (Å²) >= 11 is 6.52. The number of hydrogen-bond acceptors (Lipinski definition) is 5. The number of ether oxygens (including phenoxy) is 1. The number of halogens is 1. The molecule has 0 unspecified atom stereocenters. The molecule has 0 radical (unpaired) electrons. The number of methoxy groups -OCH3 is 1. The lowest BCUT2D eigenvalue weighted by Gasteiger charge is -2.15. The lowest BCUT2D eigenvalue weighted by Crippen LogP contribution is -2.10. The van der Waals surface area contributed by atoms with Crippen LogP contribution >= 0.6 is 11.6 Å². The predicted molar refractivity (Wildman–Crippen MR) is 123 cm³/mol. The van der Waals surface area contributed by atoms with Crippen molar-refractivity contribution < 1.29 is 14.6 Å². The molecule has 2 heterocycles. The molecule has 0 bridgehead atoms. The topological polar surface area (TPSA) is 76.7 Å². The summed E-state index contributed by atoms with van der Waals surface area (Å²) in [7, 11) is 1.36.